The Morgan fingerprint density at radius 3 is 2.23 bits per heavy atom. The van der Waals surface area contributed by atoms with Crippen molar-refractivity contribution in [3.05, 3.63) is 84.6 Å². The van der Waals surface area contributed by atoms with E-state index in [0.29, 0.717) is 6.54 Å². The maximum Gasteiger partial charge on any atom is 0.234 e. The maximum absolute atomic E-state index is 12.6. The molecule has 1 atom stereocenters. The molecule has 0 radical (unpaired) electrons. The Kier molecular flexibility index (Phi) is 6.40. The van der Waals surface area contributed by atoms with Crippen LogP contribution in [0.15, 0.2) is 79.0 Å². The van der Waals surface area contributed by atoms with Crippen LogP contribution in [-0.2, 0) is 4.79 Å². The van der Waals surface area contributed by atoms with Crippen molar-refractivity contribution in [2.75, 3.05) is 37.6 Å². The van der Waals surface area contributed by atoms with Gasteiger partial charge >= 0.3 is 0 Å². The first kappa shape index (κ1) is 20.1. The fraction of sp³-hybridized carbons (Fsp3) is 0.280. The number of aromatic nitrogens is 1. The number of rotatable bonds is 6. The third kappa shape index (κ3) is 5.05. The van der Waals surface area contributed by atoms with E-state index in [1.54, 1.807) is 0 Å². The number of carbonyl (C=O) groups excluding carboxylic acids is 1. The second-order valence-electron chi connectivity index (χ2n) is 7.73. The molecule has 154 valence electrons. The summed E-state index contributed by atoms with van der Waals surface area (Å²) in [5, 5.41) is 3.14. The quantitative estimate of drug-likeness (QED) is 0.685. The Hall–Kier alpha value is -3.18. The number of amides is 1. The van der Waals surface area contributed by atoms with Gasteiger partial charge in [0.05, 0.1) is 12.6 Å². The first-order valence-corrected chi connectivity index (χ1v) is 10.5. The molecule has 0 aliphatic carbocycles. The second-order valence-corrected chi connectivity index (χ2v) is 7.73. The predicted octanol–water partition coefficient (Wildman–Crippen LogP) is 3.75. The molecule has 1 aliphatic heterocycles. The SMILES string of the molecule is C[C@H](NC(=O)CN1CCN(c2ccccn2)CC1)c1ccc(-c2ccccc2)cc1. The molecule has 0 spiro atoms. The highest BCUT2D eigenvalue weighted by Crippen LogP contribution is 2.21. The highest BCUT2D eigenvalue weighted by Gasteiger charge is 2.20. The molecule has 4 rings (SSSR count). The number of anilines is 1. The lowest BCUT2D eigenvalue weighted by atomic mass is 10.0. The minimum atomic E-state index is -0.0165. The number of benzene rings is 2. The molecule has 1 fully saturated rings. The number of hydrogen-bond donors (Lipinski definition) is 1. The zero-order chi connectivity index (χ0) is 20.8. The second kappa shape index (κ2) is 9.55. The molecule has 0 unspecified atom stereocenters. The molecule has 1 aliphatic rings. The van der Waals surface area contributed by atoms with Crippen LogP contribution in [0.3, 0.4) is 0 Å². The Balaban J connectivity index is 1.26. The summed E-state index contributed by atoms with van der Waals surface area (Å²) in [6.45, 7) is 5.98. The zero-order valence-electron chi connectivity index (χ0n) is 17.4. The summed E-state index contributed by atoms with van der Waals surface area (Å²) in [6.07, 6.45) is 1.82. The fourth-order valence-electron chi connectivity index (χ4n) is 3.84. The van der Waals surface area contributed by atoms with Crippen LogP contribution in [0.25, 0.3) is 11.1 Å². The normalized spacial score (nSPS) is 15.6. The molecule has 5 heteroatoms. The topological polar surface area (TPSA) is 48.5 Å². The van der Waals surface area contributed by atoms with E-state index in [0.717, 1.165) is 37.6 Å². The molecule has 0 saturated carbocycles. The molecule has 0 bridgehead atoms. The van der Waals surface area contributed by atoms with E-state index in [9.17, 15) is 4.79 Å². The molecular formula is C25H28N4O. The summed E-state index contributed by atoms with van der Waals surface area (Å²) in [5.41, 5.74) is 3.50. The average molecular weight is 401 g/mol. The minimum Gasteiger partial charge on any atom is -0.354 e. The minimum absolute atomic E-state index is 0.0165. The van der Waals surface area contributed by atoms with Gasteiger partial charge in [-0.15, -0.1) is 0 Å². The number of carbonyl (C=O) groups is 1. The van der Waals surface area contributed by atoms with Crippen molar-refractivity contribution in [2.24, 2.45) is 0 Å². The number of hydrogen-bond acceptors (Lipinski definition) is 4. The number of pyridine rings is 1. The summed E-state index contributed by atoms with van der Waals surface area (Å²) < 4.78 is 0. The first-order valence-electron chi connectivity index (χ1n) is 10.5. The van der Waals surface area contributed by atoms with Crippen LogP contribution in [0.5, 0.6) is 0 Å². The van der Waals surface area contributed by atoms with Gasteiger partial charge in [0.15, 0.2) is 0 Å². The van der Waals surface area contributed by atoms with E-state index in [4.69, 9.17) is 0 Å². The van der Waals surface area contributed by atoms with Crippen LogP contribution < -0.4 is 10.2 Å². The van der Waals surface area contributed by atoms with Crippen molar-refractivity contribution in [1.29, 1.82) is 0 Å². The van der Waals surface area contributed by atoms with Gasteiger partial charge in [0.25, 0.3) is 0 Å². The monoisotopic (exact) mass is 400 g/mol. The molecule has 1 amide bonds. The molecule has 5 nitrogen and oxygen atoms in total. The molecule has 3 aromatic rings. The van der Waals surface area contributed by atoms with Gasteiger partial charge in [0, 0.05) is 32.4 Å². The highest BCUT2D eigenvalue weighted by atomic mass is 16.2. The van der Waals surface area contributed by atoms with Crippen LogP contribution in [0.4, 0.5) is 5.82 Å². The lowest BCUT2D eigenvalue weighted by Crippen LogP contribution is -2.49. The van der Waals surface area contributed by atoms with Crippen molar-refractivity contribution >= 4 is 11.7 Å². The van der Waals surface area contributed by atoms with Crippen LogP contribution in [0, 0.1) is 0 Å². The molecule has 1 saturated heterocycles. The smallest absolute Gasteiger partial charge is 0.234 e. The summed E-state index contributed by atoms with van der Waals surface area (Å²) in [4.78, 5) is 21.4. The van der Waals surface area contributed by atoms with E-state index in [2.05, 4.69) is 56.5 Å². The fourth-order valence-corrected chi connectivity index (χ4v) is 3.84. The Labute approximate surface area is 178 Å². The van der Waals surface area contributed by atoms with Gasteiger partial charge in [0.1, 0.15) is 5.82 Å². The summed E-state index contributed by atoms with van der Waals surface area (Å²) in [6, 6.07) is 24.7. The van der Waals surface area contributed by atoms with Gasteiger partial charge in [0.2, 0.25) is 5.91 Å². The van der Waals surface area contributed by atoms with Gasteiger partial charge in [-0.25, -0.2) is 4.98 Å². The molecule has 2 aromatic carbocycles. The van der Waals surface area contributed by atoms with Crippen molar-refractivity contribution in [3.8, 4) is 11.1 Å². The summed E-state index contributed by atoms with van der Waals surface area (Å²) in [7, 11) is 0. The van der Waals surface area contributed by atoms with Crippen molar-refractivity contribution in [1.82, 2.24) is 15.2 Å². The van der Waals surface area contributed by atoms with Crippen molar-refractivity contribution in [3.63, 3.8) is 0 Å². The van der Waals surface area contributed by atoms with Crippen molar-refractivity contribution < 1.29 is 4.79 Å². The van der Waals surface area contributed by atoms with E-state index >= 15 is 0 Å². The van der Waals surface area contributed by atoms with E-state index in [1.165, 1.54) is 11.1 Å². The first-order chi connectivity index (χ1) is 14.7. The number of nitrogens with zero attached hydrogens (tertiary/aromatic N) is 3. The summed E-state index contributed by atoms with van der Waals surface area (Å²) >= 11 is 0. The molecule has 1 aromatic heterocycles. The number of piperazine rings is 1. The van der Waals surface area contributed by atoms with Crippen LogP contribution >= 0.6 is 0 Å². The van der Waals surface area contributed by atoms with Gasteiger partial charge < -0.3 is 10.2 Å². The van der Waals surface area contributed by atoms with Crippen LogP contribution in [0.2, 0.25) is 0 Å². The predicted molar refractivity (Wildman–Crippen MR) is 121 cm³/mol. The highest BCUT2D eigenvalue weighted by molar-refractivity contribution is 5.78. The standard InChI is InChI=1S/C25H28N4O/c1-20(21-10-12-23(13-11-21)22-7-3-2-4-8-22)27-25(30)19-28-15-17-29(18-16-28)24-9-5-6-14-26-24/h2-14,20H,15-19H2,1H3,(H,27,30)/t20-/m0/s1. The van der Waals surface area contributed by atoms with Crippen molar-refractivity contribution in [2.45, 2.75) is 13.0 Å². The Morgan fingerprint density at radius 1 is 0.900 bits per heavy atom. The molecule has 1 N–H and O–H groups in total. The van der Waals surface area contributed by atoms with Gasteiger partial charge in [-0.3, -0.25) is 9.69 Å². The van der Waals surface area contributed by atoms with Gasteiger partial charge in [-0.05, 0) is 35.7 Å². The molecular weight excluding hydrogens is 372 g/mol. The average Bonchev–Trinajstić information content (AvgIpc) is 2.81. The molecule has 2 heterocycles. The van der Waals surface area contributed by atoms with Crippen LogP contribution in [-0.4, -0.2) is 48.5 Å². The van der Waals surface area contributed by atoms with E-state index in [1.807, 2.05) is 49.5 Å². The number of nitrogens with one attached hydrogen (secondary N) is 1. The zero-order valence-corrected chi connectivity index (χ0v) is 17.4. The Morgan fingerprint density at radius 2 is 1.57 bits per heavy atom. The largest absolute Gasteiger partial charge is 0.354 e. The molecule has 30 heavy (non-hydrogen) atoms. The van der Waals surface area contributed by atoms with Gasteiger partial charge in [-0.1, -0.05) is 60.7 Å². The van der Waals surface area contributed by atoms with Crippen LogP contribution in [0.1, 0.15) is 18.5 Å². The lowest BCUT2D eigenvalue weighted by Gasteiger charge is -2.35. The summed E-state index contributed by atoms with van der Waals surface area (Å²) in [5.74, 6) is 1.08. The third-order valence-corrected chi connectivity index (χ3v) is 5.61. The van der Waals surface area contributed by atoms with E-state index in [-0.39, 0.29) is 11.9 Å². The van der Waals surface area contributed by atoms with Gasteiger partial charge in [-0.2, -0.15) is 0 Å². The van der Waals surface area contributed by atoms with E-state index < -0.39 is 0 Å². The lowest BCUT2D eigenvalue weighted by molar-refractivity contribution is -0.123. The maximum atomic E-state index is 12.6. The third-order valence-electron chi connectivity index (χ3n) is 5.61. The Bertz CT molecular complexity index is 936.